The molecule has 0 aliphatic heterocycles. The lowest BCUT2D eigenvalue weighted by atomic mass is 10.2. The van der Waals surface area contributed by atoms with Crippen molar-refractivity contribution in [1.29, 1.82) is 0 Å². The van der Waals surface area contributed by atoms with Crippen LogP contribution in [-0.4, -0.2) is 34.0 Å². The van der Waals surface area contributed by atoms with E-state index in [2.05, 4.69) is 41.0 Å². The van der Waals surface area contributed by atoms with Gasteiger partial charge in [0.1, 0.15) is 6.20 Å². The van der Waals surface area contributed by atoms with Gasteiger partial charge in [-0.05, 0) is 25.2 Å². The molecule has 0 saturated heterocycles. The quantitative estimate of drug-likeness (QED) is 0.586. The summed E-state index contributed by atoms with van der Waals surface area (Å²) in [6, 6.07) is 0.375. The topological polar surface area (TPSA) is 84.2 Å². The number of nitrogens with zero attached hydrogens (tertiary/aromatic N) is 4. The Hall–Kier alpha value is -1.92. The van der Waals surface area contributed by atoms with Crippen LogP contribution in [0.3, 0.4) is 0 Å². The second kappa shape index (κ2) is 6.69. The summed E-state index contributed by atoms with van der Waals surface area (Å²) in [4.78, 5) is 21.4. The number of nitro groups is 1. The molecule has 1 aliphatic rings. The summed E-state index contributed by atoms with van der Waals surface area (Å²) in [5, 5.41) is 14.4. The molecule has 0 radical (unpaired) electrons. The van der Waals surface area contributed by atoms with Gasteiger partial charge in [-0.2, -0.15) is 4.98 Å². The molecule has 1 aromatic heterocycles. The van der Waals surface area contributed by atoms with Gasteiger partial charge in [0.2, 0.25) is 11.8 Å². The van der Waals surface area contributed by atoms with E-state index in [1.807, 2.05) is 0 Å². The van der Waals surface area contributed by atoms with Crippen LogP contribution in [0.1, 0.15) is 40.0 Å². The van der Waals surface area contributed by atoms with Gasteiger partial charge in [0.15, 0.2) is 0 Å². The van der Waals surface area contributed by atoms with E-state index < -0.39 is 4.92 Å². The van der Waals surface area contributed by atoms with Crippen molar-refractivity contribution in [3.05, 3.63) is 16.3 Å². The first kappa shape index (κ1) is 15.5. The monoisotopic (exact) mass is 293 g/mol. The molecule has 2 rings (SSSR count). The van der Waals surface area contributed by atoms with Gasteiger partial charge >= 0.3 is 5.69 Å². The molecule has 0 atom stereocenters. The van der Waals surface area contributed by atoms with Gasteiger partial charge in [-0.25, -0.2) is 4.98 Å². The minimum atomic E-state index is -0.394. The van der Waals surface area contributed by atoms with E-state index in [0.29, 0.717) is 23.7 Å². The second-order valence-corrected chi connectivity index (χ2v) is 5.86. The summed E-state index contributed by atoms with van der Waals surface area (Å²) >= 11 is 0. The van der Waals surface area contributed by atoms with Crippen molar-refractivity contribution in [2.45, 2.75) is 46.1 Å². The van der Waals surface area contributed by atoms with E-state index in [9.17, 15) is 10.1 Å². The highest BCUT2D eigenvalue weighted by atomic mass is 16.6. The van der Waals surface area contributed by atoms with Crippen LogP contribution < -0.4 is 10.2 Å². The van der Waals surface area contributed by atoms with Crippen LogP contribution in [0.2, 0.25) is 0 Å². The van der Waals surface area contributed by atoms with Crippen molar-refractivity contribution >= 4 is 17.5 Å². The molecule has 0 aromatic carbocycles. The van der Waals surface area contributed by atoms with Crippen LogP contribution in [-0.2, 0) is 0 Å². The molecule has 7 heteroatoms. The zero-order valence-corrected chi connectivity index (χ0v) is 12.9. The molecule has 1 saturated carbocycles. The zero-order valence-electron chi connectivity index (χ0n) is 12.9. The average molecular weight is 293 g/mol. The first-order valence-corrected chi connectivity index (χ1v) is 7.54. The van der Waals surface area contributed by atoms with Gasteiger partial charge in [0, 0.05) is 19.1 Å². The molecule has 0 bridgehead atoms. The first-order chi connectivity index (χ1) is 10.0. The predicted octanol–water partition coefficient (Wildman–Crippen LogP) is 2.83. The molecule has 1 fully saturated rings. The normalized spacial score (nSPS) is 14.3. The van der Waals surface area contributed by atoms with Gasteiger partial charge in [0.25, 0.3) is 0 Å². The Morgan fingerprint density at radius 1 is 1.52 bits per heavy atom. The number of anilines is 2. The van der Waals surface area contributed by atoms with E-state index in [1.165, 1.54) is 6.20 Å². The van der Waals surface area contributed by atoms with Crippen LogP contribution in [0.15, 0.2) is 6.20 Å². The lowest BCUT2D eigenvalue weighted by molar-refractivity contribution is -0.384. The fraction of sp³-hybridized carbons (Fsp3) is 0.714. The molecule has 1 heterocycles. The Bertz CT molecular complexity index is 502. The smallest absolute Gasteiger partial charge is 0.329 e. The van der Waals surface area contributed by atoms with Crippen molar-refractivity contribution in [2.24, 2.45) is 5.92 Å². The molecule has 0 unspecified atom stereocenters. The molecule has 1 aromatic rings. The largest absolute Gasteiger partial charge is 0.354 e. The van der Waals surface area contributed by atoms with Gasteiger partial charge < -0.3 is 10.2 Å². The van der Waals surface area contributed by atoms with Crippen molar-refractivity contribution in [1.82, 2.24) is 9.97 Å². The molecule has 116 valence electrons. The standard InChI is InChI=1S/C14H23N5O2/c1-4-7-15-14-16-8-12(19(20)21)13(17-14)18(9-10(2)3)11-5-6-11/h8,10-11H,4-7,9H2,1-3H3,(H,15,16,17). The van der Waals surface area contributed by atoms with E-state index in [0.717, 1.165) is 32.4 Å². The highest BCUT2D eigenvalue weighted by Crippen LogP contribution is 2.36. The van der Waals surface area contributed by atoms with E-state index in [4.69, 9.17) is 0 Å². The van der Waals surface area contributed by atoms with Crippen molar-refractivity contribution in [3.8, 4) is 0 Å². The lowest BCUT2D eigenvalue weighted by Crippen LogP contribution is -2.31. The summed E-state index contributed by atoms with van der Waals surface area (Å²) in [5.74, 6) is 1.34. The fourth-order valence-corrected chi connectivity index (χ4v) is 2.22. The minimum Gasteiger partial charge on any atom is -0.354 e. The predicted molar refractivity (Wildman–Crippen MR) is 82.7 cm³/mol. The zero-order chi connectivity index (χ0) is 15.4. The van der Waals surface area contributed by atoms with Crippen LogP contribution in [0.4, 0.5) is 17.5 Å². The van der Waals surface area contributed by atoms with Crippen LogP contribution in [0, 0.1) is 16.0 Å². The molecule has 1 aliphatic carbocycles. The molecule has 0 amide bonds. The van der Waals surface area contributed by atoms with Crippen LogP contribution >= 0.6 is 0 Å². The van der Waals surface area contributed by atoms with Crippen molar-refractivity contribution in [2.75, 3.05) is 23.3 Å². The summed E-state index contributed by atoms with van der Waals surface area (Å²) in [7, 11) is 0. The number of aromatic nitrogens is 2. The van der Waals surface area contributed by atoms with E-state index >= 15 is 0 Å². The second-order valence-electron chi connectivity index (χ2n) is 5.86. The SMILES string of the molecule is CCCNc1ncc([N+](=O)[O-])c(N(CC(C)C)C2CC2)n1. The number of nitrogens with one attached hydrogen (secondary N) is 1. The highest BCUT2D eigenvalue weighted by Gasteiger charge is 2.34. The van der Waals surface area contributed by atoms with Gasteiger partial charge in [-0.15, -0.1) is 0 Å². The minimum absolute atomic E-state index is 0.00963. The van der Waals surface area contributed by atoms with Gasteiger partial charge in [0.05, 0.1) is 4.92 Å². The third-order valence-electron chi connectivity index (χ3n) is 3.30. The average Bonchev–Trinajstić information content (AvgIpc) is 3.26. The summed E-state index contributed by atoms with van der Waals surface area (Å²) in [5.41, 5.74) is -0.00963. The van der Waals surface area contributed by atoms with Gasteiger partial charge in [-0.3, -0.25) is 10.1 Å². The Labute approximate surface area is 124 Å². The Kier molecular flexibility index (Phi) is 4.93. The van der Waals surface area contributed by atoms with Crippen LogP contribution in [0.25, 0.3) is 0 Å². The molecule has 1 N–H and O–H groups in total. The van der Waals surface area contributed by atoms with Gasteiger partial charge in [-0.1, -0.05) is 20.8 Å². The summed E-state index contributed by atoms with van der Waals surface area (Å²) < 4.78 is 0. The molecule has 21 heavy (non-hydrogen) atoms. The molecular weight excluding hydrogens is 270 g/mol. The van der Waals surface area contributed by atoms with E-state index in [-0.39, 0.29) is 5.69 Å². The summed E-state index contributed by atoms with van der Waals surface area (Å²) in [6.07, 6.45) is 4.42. The third kappa shape index (κ3) is 4.03. The molecular formula is C14H23N5O2. The number of hydrogen-bond donors (Lipinski definition) is 1. The van der Waals surface area contributed by atoms with Crippen molar-refractivity contribution in [3.63, 3.8) is 0 Å². The van der Waals surface area contributed by atoms with E-state index in [1.54, 1.807) is 0 Å². The first-order valence-electron chi connectivity index (χ1n) is 7.54. The Morgan fingerprint density at radius 2 is 2.24 bits per heavy atom. The Morgan fingerprint density at radius 3 is 2.76 bits per heavy atom. The maximum atomic E-state index is 11.3. The number of hydrogen-bond acceptors (Lipinski definition) is 6. The van der Waals surface area contributed by atoms with Crippen molar-refractivity contribution < 1.29 is 4.92 Å². The van der Waals surface area contributed by atoms with Crippen LogP contribution in [0.5, 0.6) is 0 Å². The Balaban J connectivity index is 2.33. The lowest BCUT2D eigenvalue weighted by Gasteiger charge is -2.25. The third-order valence-corrected chi connectivity index (χ3v) is 3.30. The highest BCUT2D eigenvalue weighted by molar-refractivity contribution is 5.60. The maximum Gasteiger partial charge on any atom is 0.329 e. The number of rotatable bonds is 8. The fourth-order valence-electron chi connectivity index (χ4n) is 2.22. The maximum absolute atomic E-state index is 11.3. The summed E-state index contributed by atoms with van der Waals surface area (Å²) in [6.45, 7) is 7.80. The molecule has 7 nitrogen and oxygen atoms in total. The molecule has 0 spiro atoms.